The summed E-state index contributed by atoms with van der Waals surface area (Å²) in [7, 11) is 0. The van der Waals surface area contributed by atoms with Crippen molar-refractivity contribution in [3.05, 3.63) is 22.6 Å². The summed E-state index contributed by atoms with van der Waals surface area (Å²) in [5.41, 5.74) is 0. The Balaban J connectivity index is 2.39. The minimum Gasteiger partial charge on any atom is -0.454 e. The Labute approximate surface area is 74.3 Å². The number of furan rings is 1. The fourth-order valence-electron chi connectivity index (χ4n) is 0.837. The molecule has 0 aliphatic rings. The molecule has 0 spiro atoms. The first-order chi connectivity index (χ1) is 5.18. The van der Waals surface area contributed by atoms with E-state index in [1.54, 1.807) is 6.92 Å². The minimum absolute atomic E-state index is 0.251. The van der Waals surface area contributed by atoms with Crippen LogP contribution in [0.25, 0.3) is 0 Å². The molecule has 3 heteroatoms. The van der Waals surface area contributed by atoms with Gasteiger partial charge in [0, 0.05) is 6.42 Å². The highest BCUT2D eigenvalue weighted by Gasteiger charge is 2.01. The van der Waals surface area contributed by atoms with Crippen molar-refractivity contribution in [2.24, 2.45) is 0 Å². The van der Waals surface area contributed by atoms with E-state index >= 15 is 0 Å². The molecule has 11 heavy (non-hydrogen) atoms. The highest BCUT2D eigenvalue weighted by Crippen LogP contribution is 2.15. The Bertz CT molecular complexity index is 218. The molecule has 1 rings (SSSR count). The smallest absolute Gasteiger partial charge is 0.169 e. The van der Waals surface area contributed by atoms with E-state index < -0.39 is 0 Å². The summed E-state index contributed by atoms with van der Waals surface area (Å²) in [4.78, 5) is 0. The summed E-state index contributed by atoms with van der Waals surface area (Å²) in [5.74, 6) is 0.915. The lowest BCUT2D eigenvalue weighted by Crippen LogP contribution is -2.00. The van der Waals surface area contributed by atoms with E-state index in [0.717, 1.165) is 23.3 Å². The van der Waals surface area contributed by atoms with Gasteiger partial charge in [-0.2, -0.15) is 0 Å². The molecule has 0 saturated heterocycles. The Morgan fingerprint density at radius 3 is 2.82 bits per heavy atom. The molecule has 0 aliphatic heterocycles. The summed E-state index contributed by atoms with van der Waals surface area (Å²) in [6.45, 7) is 1.78. The van der Waals surface area contributed by atoms with Gasteiger partial charge in [0.15, 0.2) is 4.67 Å². The zero-order chi connectivity index (χ0) is 8.27. The van der Waals surface area contributed by atoms with Gasteiger partial charge in [-0.25, -0.2) is 0 Å². The van der Waals surface area contributed by atoms with Crippen LogP contribution in [0.4, 0.5) is 0 Å². The maximum absolute atomic E-state index is 8.97. The average molecular weight is 219 g/mol. The normalized spacial score (nSPS) is 13.4. The second-order valence-corrected chi connectivity index (χ2v) is 3.38. The number of aliphatic hydroxyl groups is 1. The molecule has 2 nitrogen and oxygen atoms in total. The third-order valence-corrected chi connectivity index (χ3v) is 1.86. The fourth-order valence-corrected chi connectivity index (χ4v) is 1.18. The molecule has 1 N–H and O–H groups in total. The van der Waals surface area contributed by atoms with Crippen molar-refractivity contribution in [3.63, 3.8) is 0 Å². The van der Waals surface area contributed by atoms with E-state index in [0.29, 0.717) is 0 Å². The van der Waals surface area contributed by atoms with E-state index in [9.17, 15) is 0 Å². The fraction of sp³-hybridized carbons (Fsp3) is 0.500. The van der Waals surface area contributed by atoms with Crippen LogP contribution in [0.2, 0.25) is 0 Å². The van der Waals surface area contributed by atoms with Crippen LogP contribution < -0.4 is 0 Å². The van der Waals surface area contributed by atoms with Crippen LogP contribution in [-0.4, -0.2) is 11.2 Å². The Kier molecular flexibility index (Phi) is 3.15. The van der Waals surface area contributed by atoms with Crippen LogP contribution in [0.3, 0.4) is 0 Å². The zero-order valence-electron chi connectivity index (χ0n) is 6.38. The van der Waals surface area contributed by atoms with Gasteiger partial charge in [0.05, 0.1) is 6.10 Å². The Morgan fingerprint density at radius 1 is 1.64 bits per heavy atom. The summed E-state index contributed by atoms with van der Waals surface area (Å²) < 4.78 is 5.99. The first kappa shape index (κ1) is 8.81. The van der Waals surface area contributed by atoms with E-state index in [1.165, 1.54) is 0 Å². The Hall–Kier alpha value is -0.280. The van der Waals surface area contributed by atoms with Crippen LogP contribution in [-0.2, 0) is 6.42 Å². The molecule has 0 amide bonds. The highest BCUT2D eigenvalue weighted by atomic mass is 79.9. The second-order valence-electron chi connectivity index (χ2n) is 2.59. The van der Waals surface area contributed by atoms with Crippen molar-refractivity contribution in [2.75, 3.05) is 0 Å². The number of aryl methyl sites for hydroxylation is 1. The van der Waals surface area contributed by atoms with Gasteiger partial charge >= 0.3 is 0 Å². The van der Waals surface area contributed by atoms with Crippen molar-refractivity contribution in [1.29, 1.82) is 0 Å². The second kappa shape index (κ2) is 3.93. The number of halogens is 1. The standard InChI is InChI=1S/C8H11BrO2/c1-6(10)2-3-7-4-5-8(9)11-7/h4-6,10H,2-3H2,1H3/t6-/m0/s1. The van der Waals surface area contributed by atoms with Gasteiger partial charge in [0.1, 0.15) is 5.76 Å². The first-order valence-corrected chi connectivity index (χ1v) is 4.40. The van der Waals surface area contributed by atoms with Crippen LogP contribution in [0, 0.1) is 0 Å². The molecule has 0 saturated carbocycles. The molecular weight excluding hydrogens is 208 g/mol. The number of rotatable bonds is 3. The molecule has 0 aromatic carbocycles. The third-order valence-electron chi connectivity index (χ3n) is 1.44. The molecule has 62 valence electrons. The molecule has 0 radical (unpaired) electrons. The molecule has 1 heterocycles. The van der Waals surface area contributed by atoms with Gasteiger partial charge in [-0.15, -0.1) is 0 Å². The lowest BCUT2D eigenvalue weighted by Gasteiger charge is -1.99. The summed E-state index contributed by atoms with van der Waals surface area (Å²) >= 11 is 3.21. The summed E-state index contributed by atoms with van der Waals surface area (Å²) in [6.07, 6.45) is 1.29. The van der Waals surface area contributed by atoms with Crippen LogP contribution in [0.5, 0.6) is 0 Å². The lowest BCUT2D eigenvalue weighted by molar-refractivity contribution is 0.182. The van der Waals surface area contributed by atoms with E-state index in [-0.39, 0.29) is 6.10 Å². The minimum atomic E-state index is -0.251. The topological polar surface area (TPSA) is 33.4 Å². The largest absolute Gasteiger partial charge is 0.454 e. The van der Waals surface area contributed by atoms with Gasteiger partial charge in [-0.1, -0.05) is 0 Å². The maximum Gasteiger partial charge on any atom is 0.169 e. The van der Waals surface area contributed by atoms with Crippen molar-refractivity contribution in [3.8, 4) is 0 Å². The summed E-state index contributed by atoms with van der Waals surface area (Å²) in [5, 5.41) is 8.97. The van der Waals surface area contributed by atoms with Crippen LogP contribution in [0.1, 0.15) is 19.1 Å². The zero-order valence-corrected chi connectivity index (χ0v) is 7.97. The number of hydrogen-bond acceptors (Lipinski definition) is 2. The van der Waals surface area contributed by atoms with Gasteiger partial charge < -0.3 is 9.52 Å². The van der Waals surface area contributed by atoms with Gasteiger partial charge in [-0.05, 0) is 41.4 Å². The van der Waals surface area contributed by atoms with Crippen molar-refractivity contribution >= 4 is 15.9 Å². The van der Waals surface area contributed by atoms with Crippen LogP contribution >= 0.6 is 15.9 Å². The monoisotopic (exact) mass is 218 g/mol. The molecule has 1 aromatic heterocycles. The summed E-state index contributed by atoms with van der Waals surface area (Å²) in [6, 6.07) is 3.77. The van der Waals surface area contributed by atoms with Gasteiger partial charge in [-0.3, -0.25) is 0 Å². The average Bonchev–Trinajstić information content (AvgIpc) is 2.31. The van der Waals surface area contributed by atoms with E-state index in [1.807, 2.05) is 12.1 Å². The number of aliphatic hydroxyl groups excluding tert-OH is 1. The molecule has 0 bridgehead atoms. The molecule has 0 fully saturated rings. The van der Waals surface area contributed by atoms with Gasteiger partial charge in [0.2, 0.25) is 0 Å². The van der Waals surface area contributed by atoms with Crippen LogP contribution in [0.15, 0.2) is 21.2 Å². The van der Waals surface area contributed by atoms with Crippen molar-refractivity contribution in [1.82, 2.24) is 0 Å². The quantitative estimate of drug-likeness (QED) is 0.846. The molecular formula is C8H11BrO2. The van der Waals surface area contributed by atoms with Crippen molar-refractivity contribution in [2.45, 2.75) is 25.9 Å². The predicted molar refractivity (Wildman–Crippen MR) is 46.4 cm³/mol. The Morgan fingerprint density at radius 2 is 2.36 bits per heavy atom. The van der Waals surface area contributed by atoms with E-state index in [4.69, 9.17) is 9.52 Å². The third kappa shape index (κ3) is 3.08. The molecule has 0 aliphatic carbocycles. The van der Waals surface area contributed by atoms with E-state index in [2.05, 4.69) is 15.9 Å². The molecule has 0 unspecified atom stereocenters. The maximum atomic E-state index is 8.97. The predicted octanol–water partition coefficient (Wildman–Crippen LogP) is 2.36. The SMILES string of the molecule is C[C@H](O)CCc1ccc(Br)o1. The molecule has 1 atom stereocenters. The van der Waals surface area contributed by atoms with Gasteiger partial charge in [0.25, 0.3) is 0 Å². The number of hydrogen-bond donors (Lipinski definition) is 1. The highest BCUT2D eigenvalue weighted by molar-refractivity contribution is 9.10. The molecule has 1 aromatic rings. The van der Waals surface area contributed by atoms with Crippen molar-refractivity contribution < 1.29 is 9.52 Å². The lowest BCUT2D eigenvalue weighted by atomic mass is 10.2. The first-order valence-electron chi connectivity index (χ1n) is 3.61.